The van der Waals surface area contributed by atoms with Crippen LogP contribution in [-0.2, 0) is 23.4 Å². The van der Waals surface area contributed by atoms with Crippen molar-refractivity contribution >= 4 is 0 Å². The molecule has 1 aromatic rings. The lowest BCUT2D eigenvalue weighted by atomic mass is 9.83. The predicted octanol–water partition coefficient (Wildman–Crippen LogP) is 3.92. The van der Waals surface area contributed by atoms with E-state index in [-0.39, 0.29) is 5.41 Å². The second kappa shape index (κ2) is 7.75. The van der Waals surface area contributed by atoms with E-state index in [1.807, 2.05) is 18.2 Å². The Balaban J connectivity index is 2.65. The molecule has 0 aliphatic rings. The van der Waals surface area contributed by atoms with Gasteiger partial charge in [-0.3, -0.25) is 0 Å². The van der Waals surface area contributed by atoms with Gasteiger partial charge in [0, 0.05) is 6.61 Å². The van der Waals surface area contributed by atoms with Crippen molar-refractivity contribution in [1.82, 2.24) is 4.90 Å². The van der Waals surface area contributed by atoms with Crippen LogP contribution in [0.15, 0.2) is 18.2 Å². The summed E-state index contributed by atoms with van der Waals surface area (Å²) in [6, 6.07) is 5.83. The van der Waals surface area contributed by atoms with Gasteiger partial charge in [-0.05, 0) is 49.2 Å². The molecule has 1 aromatic carbocycles. The Bertz CT molecular complexity index is 410. The zero-order valence-corrected chi connectivity index (χ0v) is 13.5. The van der Waals surface area contributed by atoms with Gasteiger partial charge < -0.3 is 9.64 Å². The van der Waals surface area contributed by atoms with E-state index in [0.29, 0.717) is 6.61 Å². The van der Waals surface area contributed by atoms with Gasteiger partial charge in [0.2, 0.25) is 0 Å². The van der Waals surface area contributed by atoms with E-state index >= 15 is 0 Å². The predicted molar refractivity (Wildman–Crippen MR) is 82.8 cm³/mol. The lowest BCUT2D eigenvalue weighted by Crippen LogP contribution is -2.17. The minimum Gasteiger partial charge on any atom is -0.377 e. The second-order valence-corrected chi connectivity index (χ2v) is 6.58. The SMILES string of the molecule is CN(C)CCCOCc1ccc(CF)cc1C(C)(C)C. The summed E-state index contributed by atoms with van der Waals surface area (Å²) in [5, 5.41) is 0. The van der Waals surface area contributed by atoms with Gasteiger partial charge in [0.1, 0.15) is 6.67 Å². The topological polar surface area (TPSA) is 12.5 Å². The number of rotatable bonds is 7. The summed E-state index contributed by atoms with van der Waals surface area (Å²) in [4.78, 5) is 2.15. The van der Waals surface area contributed by atoms with Crippen LogP contribution in [0.4, 0.5) is 4.39 Å². The number of hydrogen-bond acceptors (Lipinski definition) is 2. The van der Waals surface area contributed by atoms with Gasteiger partial charge in [-0.15, -0.1) is 0 Å². The zero-order chi connectivity index (χ0) is 15.2. The van der Waals surface area contributed by atoms with Crippen molar-refractivity contribution in [2.45, 2.75) is 45.9 Å². The molecule has 0 aliphatic heterocycles. The summed E-state index contributed by atoms with van der Waals surface area (Å²) >= 11 is 0. The smallest absolute Gasteiger partial charge is 0.115 e. The molecule has 20 heavy (non-hydrogen) atoms. The first-order valence-corrected chi connectivity index (χ1v) is 7.25. The summed E-state index contributed by atoms with van der Waals surface area (Å²) in [6.45, 7) is 8.44. The molecule has 2 nitrogen and oxygen atoms in total. The lowest BCUT2D eigenvalue weighted by molar-refractivity contribution is 0.112. The lowest BCUT2D eigenvalue weighted by Gasteiger charge is -2.24. The van der Waals surface area contributed by atoms with Crippen LogP contribution >= 0.6 is 0 Å². The van der Waals surface area contributed by atoms with Crippen LogP contribution in [0.25, 0.3) is 0 Å². The van der Waals surface area contributed by atoms with Crippen molar-refractivity contribution in [2.24, 2.45) is 0 Å². The molecule has 0 bridgehead atoms. The van der Waals surface area contributed by atoms with Crippen LogP contribution in [0.5, 0.6) is 0 Å². The summed E-state index contributed by atoms with van der Waals surface area (Å²) in [5.41, 5.74) is 3.10. The normalized spacial score (nSPS) is 12.2. The van der Waals surface area contributed by atoms with E-state index in [0.717, 1.165) is 25.1 Å². The molecule has 0 aromatic heterocycles. The quantitative estimate of drug-likeness (QED) is 0.702. The Morgan fingerprint density at radius 3 is 2.45 bits per heavy atom. The van der Waals surface area contributed by atoms with Crippen LogP contribution in [0.3, 0.4) is 0 Å². The van der Waals surface area contributed by atoms with E-state index in [1.165, 1.54) is 11.1 Å². The fourth-order valence-corrected chi connectivity index (χ4v) is 2.20. The highest BCUT2D eigenvalue weighted by Gasteiger charge is 2.18. The Labute approximate surface area is 122 Å². The molecule has 0 N–H and O–H groups in total. The summed E-state index contributed by atoms with van der Waals surface area (Å²) in [7, 11) is 4.13. The van der Waals surface area contributed by atoms with E-state index in [4.69, 9.17) is 4.74 Å². The van der Waals surface area contributed by atoms with Crippen molar-refractivity contribution < 1.29 is 9.13 Å². The number of nitrogens with zero attached hydrogens (tertiary/aromatic N) is 1. The second-order valence-electron chi connectivity index (χ2n) is 6.58. The molecule has 0 radical (unpaired) electrons. The monoisotopic (exact) mass is 281 g/mol. The average Bonchev–Trinajstić information content (AvgIpc) is 2.37. The maximum absolute atomic E-state index is 12.8. The maximum Gasteiger partial charge on any atom is 0.115 e. The third kappa shape index (κ3) is 5.59. The van der Waals surface area contributed by atoms with E-state index in [9.17, 15) is 4.39 Å². The molecule has 0 unspecified atom stereocenters. The molecule has 0 heterocycles. The third-order valence-corrected chi connectivity index (χ3v) is 3.29. The molecular weight excluding hydrogens is 253 g/mol. The average molecular weight is 281 g/mol. The van der Waals surface area contributed by atoms with Gasteiger partial charge in [-0.25, -0.2) is 4.39 Å². The molecule has 0 amide bonds. The minimum absolute atomic E-state index is 0.00745. The fourth-order valence-electron chi connectivity index (χ4n) is 2.20. The number of hydrogen-bond donors (Lipinski definition) is 0. The van der Waals surface area contributed by atoms with Gasteiger partial charge in [0.25, 0.3) is 0 Å². The molecule has 1 rings (SSSR count). The van der Waals surface area contributed by atoms with Gasteiger partial charge in [-0.2, -0.15) is 0 Å². The van der Waals surface area contributed by atoms with Crippen molar-refractivity contribution in [3.63, 3.8) is 0 Å². The first-order valence-electron chi connectivity index (χ1n) is 7.25. The Morgan fingerprint density at radius 1 is 1.20 bits per heavy atom. The van der Waals surface area contributed by atoms with Gasteiger partial charge in [0.05, 0.1) is 6.61 Å². The molecule has 3 heteroatoms. The fraction of sp³-hybridized carbons (Fsp3) is 0.647. The van der Waals surface area contributed by atoms with E-state index in [1.54, 1.807) is 0 Å². The van der Waals surface area contributed by atoms with Gasteiger partial charge in [0.15, 0.2) is 0 Å². The molecule has 0 saturated carbocycles. The maximum atomic E-state index is 12.8. The standard InChI is InChI=1S/C17H28FNO/c1-17(2,3)16-11-14(12-18)7-8-15(16)13-20-10-6-9-19(4)5/h7-8,11H,6,9-10,12-13H2,1-5H3. The molecule has 114 valence electrons. The zero-order valence-electron chi connectivity index (χ0n) is 13.5. The Kier molecular flexibility index (Phi) is 6.63. The molecular formula is C17H28FNO. The van der Waals surface area contributed by atoms with Crippen molar-refractivity contribution in [3.05, 3.63) is 34.9 Å². The minimum atomic E-state index is -0.410. The Morgan fingerprint density at radius 2 is 1.90 bits per heavy atom. The number of halogens is 1. The highest BCUT2D eigenvalue weighted by atomic mass is 19.1. The summed E-state index contributed by atoms with van der Waals surface area (Å²) < 4.78 is 18.6. The van der Waals surface area contributed by atoms with Crippen LogP contribution in [-0.4, -0.2) is 32.1 Å². The summed E-state index contributed by atoms with van der Waals surface area (Å²) in [5.74, 6) is 0. The Hall–Kier alpha value is -0.930. The van der Waals surface area contributed by atoms with Gasteiger partial charge >= 0.3 is 0 Å². The van der Waals surface area contributed by atoms with Crippen LogP contribution < -0.4 is 0 Å². The third-order valence-electron chi connectivity index (χ3n) is 3.29. The van der Waals surface area contributed by atoms with Crippen LogP contribution in [0.1, 0.15) is 43.9 Å². The molecule has 0 saturated heterocycles. The summed E-state index contributed by atoms with van der Waals surface area (Å²) in [6.07, 6.45) is 1.03. The van der Waals surface area contributed by atoms with E-state index in [2.05, 4.69) is 39.8 Å². The number of alkyl halides is 1. The first-order chi connectivity index (χ1) is 9.34. The van der Waals surface area contributed by atoms with E-state index < -0.39 is 6.67 Å². The number of benzene rings is 1. The van der Waals surface area contributed by atoms with Crippen molar-refractivity contribution in [1.29, 1.82) is 0 Å². The van der Waals surface area contributed by atoms with Crippen molar-refractivity contribution in [3.8, 4) is 0 Å². The first kappa shape index (κ1) is 17.1. The van der Waals surface area contributed by atoms with Crippen LogP contribution in [0.2, 0.25) is 0 Å². The highest BCUT2D eigenvalue weighted by Crippen LogP contribution is 2.28. The largest absolute Gasteiger partial charge is 0.377 e. The molecule has 0 atom stereocenters. The molecule has 0 spiro atoms. The van der Waals surface area contributed by atoms with Crippen molar-refractivity contribution in [2.75, 3.05) is 27.2 Å². The van der Waals surface area contributed by atoms with Crippen LogP contribution in [0, 0.1) is 0 Å². The molecule has 0 fully saturated rings. The van der Waals surface area contributed by atoms with Gasteiger partial charge in [-0.1, -0.05) is 39.0 Å². The highest BCUT2D eigenvalue weighted by molar-refractivity contribution is 5.36. The number of ether oxygens (including phenoxy) is 1. The molecule has 0 aliphatic carbocycles.